The van der Waals surface area contributed by atoms with Crippen molar-refractivity contribution in [2.45, 2.75) is 36.5 Å². The highest BCUT2D eigenvalue weighted by molar-refractivity contribution is 7.92. The Morgan fingerprint density at radius 1 is 1.30 bits per heavy atom. The molecule has 1 aliphatic heterocycles. The maximum atomic E-state index is 14.4. The molecule has 1 unspecified atom stereocenters. The van der Waals surface area contributed by atoms with Crippen LogP contribution in [0, 0.1) is 28.7 Å². The zero-order valence-electron chi connectivity index (χ0n) is 18.4. The second-order valence-corrected chi connectivity index (χ2v) is 10.0. The van der Waals surface area contributed by atoms with E-state index >= 15 is 0 Å². The number of morpholine rings is 1. The fourth-order valence-corrected chi connectivity index (χ4v) is 5.35. The van der Waals surface area contributed by atoms with E-state index < -0.39 is 53.5 Å². The molecule has 0 amide bonds. The van der Waals surface area contributed by atoms with Crippen LogP contribution in [-0.2, 0) is 14.6 Å². The summed E-state index contributed by atoms with van der Waals surface area (Å²) in [6, 6.07) is 2.59. The van der Waals surface area contributed by atoms with E-state index in [0.29, 0.717) is 0 Å². The number of nitrogens with zero attached hydrogens (tertiary/aromatic N) is 5. The molecule has 10 nitrogen and oxygen atoms in total. The number of aliphatic imine (C=N–C) groups is 1. The van der Waals surface area contributed by atoms with Gasteiger partial charge in [-0.05, 0) is 32.9 Å². The summed E-state index contributed by atoms with van der Waals surface area (Å²) < 4.78 is 61.2. The van der Waals surface area contributed by atoms with Gasteiger partial charge in [-0.15, -0.1) is 0 Å². The van der Waals surface area contributed by atoms with Crippen LogP contribution in [0.15, 0.2) is 28.1 Å². The average Bonchev–Trinajstić information content (AvgIpc) is 2.69. The molecule has 3 rings (SSSR count). The summed E-state index contributed by atoms with van der Waals surface area (Å²) in [6.45, 7) is 5.82. The molecule has 1 saturated heterocycles. The molecule has 0 bridgehead atoms. The van der Waals surface area contributed by atoms with E-state index in [4.69, 9.17) is 4.74 Å². The Hall–Kier alpha value is -3.06. The highest BCUT2D eigenvalue weighted by Crippen LogP contribution is 2.39. The van der Waals surface area contributed by atoms with Gasteiger partial charge in [0.05, 0.1) is 17.1 Å². The Morgan fingerprint density at radius 2 is 1.94 bits per heavy atom. The van der Waals surface area contributed by atoms with Gasteiger partial charge < -0.3 is 9.64 Å². The number of halogens is 2. The van der Waals surface area contributed by atoms with Gasteiger partial charge in [-0.1, -0.05) is 6.07 Å². The van der Waals surface area contributed by atoms with E-state index in [1.165, 1.54) is 14.0 Å². The first-order valence-corrected chi connectivity index (χ1v) is 11.5. The zero-order valence-corrected chi connectivity index (χ0v) is 19.3. The zero-order chi connectivity index (χ0) is 24.6. The second kappa shape index (κ2) is 9.06. The van der Waals surface area contributed by atoms with Crippen molar-refractivity contribution in [1.82, 2.24) is 9.97 Å². The number of anilines is 1. The van der Waals surface area contributed by atoms with Crippen LogP contribution in [0.3, 0.4) is 0 Å². The Balaban J connectivity index is 2.29. The normalized spacial score (nSPS) is 17.3. The Kier molecular flexibility index (Phi) is 6.75. The summed E-state index contributed by atoms with van der Waals surface area (Å²) in [5.74, 6) is -2.70. The average molecular weight is 483 g/mol. The van der Waals surface area contributed by atoms with Crippen LogP contribution in [0.2, 0.25) is 0 Å². The molecular formula is C20H23F2N5O5S. The van der Waals surface area contributed by atoms with E-state index in [1.54, 1.807) is 18.7 Å². The van der Waals surface area contributed by atoms with Crippen molar-refractivity contribution in [2.75, 3.05) is 31.6 Å². The van der Waals surface area contributed by atoms with Crippen LogP contribution in [0.5, 0.6) is 0 Å². The lowest BCUT2D eigenvalue weighted by atomic mass is 10.1. The first-order chi connectivity index (χ1) is 15.4. The van der Waals surface area contributed by atoms with Crippen molar-refractivity contribution in [3.63, 3.8) is 0 Å². The maximum absolute atomic E-state index is 14.4. The largest absolute Gasteiger partial charge is 0.372 e. The van der Waals surface area contributed by atoms with Gasteiger partial charge in [0, 0.05) is 26.4 Å². The van der Waals surface area contributed by atoms with Crippen LogP contribution < -0.4 is 4.90 Å². The lowest BCUT2D eigenvalue weighted by Crippen LogP contribution is -2.49. The number of aromatic nitrogens is 2. The SMILES string of the molecule is C/N=C\C(c1nc(C)nc(N2CCOC(C)(C)C2)c1[N+](=O)[O-])S(=O)(=O)c1c(F)cccc1F. The van der Waals surface area contributed by atoms with Crippen molar-refractivity contribution >= 4 is 27.6 Å². The lowest BCUT2D eigenvalue weighted by molar-refractivity contribution is -0.385. The van der Waals surface area contributed by atoms with Gasteiger partial charge in [0.25, 0.3) is 0 Å². The molecule has 33 heavy (non-hydrogen) atoms. The predicted octanol–water partition coefficient (Wildman–Crippen LogP) is 2.80. The summed E-state index contributed by atoms with van der Waals surface area (Å²) >= 11 is 0. The number of aryl methyl sites for hydroxylation is 1. The Morgan fingerprint density at radius 3 is 2.48 bits per heavy atom. The molecule has 178 valence electrons. The van der Waals surface area contributed by atoms with Crippen LogP contribution in [0.4, 0.5) is 20.3 Å². The van der Waals surface area contributed by atoms with Gasteiger partial charge >= 0.3 is 5.69 Å². The molecule has 1 aliphatic rings. The molecule has 0 spiro atoms. The van der Waals surface area contributed by atoms with E-state index in [9.17, 15) is 27.3 Å². The van der Waals surface area contributed by atoms with Gasteiger partial charge in [-0.3, -0.25) is 15.1 Å². The van der Waals surface area contributed by atoms with Gasteiger partial charge in [-0.25, -0.2) is 27.2 Å². The molecule has 1 aromatic carbocycles. The lowest BCUT2D eigenvalue weighted by Gasteiger charge is -2.38. The minimum absolute atomic E-state index is 0.0496. The van der Waals surface area contributed by atoms with Gasteiger partial charge in [0.1, 0.15) is 33.3 Å². The van der Waals surface area contributed by atoms with Crippen molar-refractivity contribution in [3.8, 4) is 0 Å². The first-order valence-electron chi connectivity index (χ1n) is 9.91. The fourth-order valence-electron chi connectivity index (χ4n) is 3.68. The second-order valence-electron chi connectivity index (χ2n) is 8.04. The highest BCUT2D eigenvalue weighted by Gasteiger charge is 2.42. The molecule has 1 atom stereocenters. The van der Waals surface area contributed by atoms with E-state index in [0.717, 1.165) is 24.4 Å². The van der Waals surface area contributed by atoms with Crippen LogP contribution in [0.1, 0.15) is 30.6 Å². The molecule has 0 N–H and O–H groups in total. The maximum Gasteiger partial charge on any atom is 0.334 e. The van der Waals surface area contributed by atoms with Crippen molar-refractivity contribution < 1.29 is 26.9 Å². The van der Waals surface area contributed by atoms with Crippen molar-refractivity contribution in [1.29, 1.82) is 0 Å². The van der Waals surface area contributed by atoms with E-state index in [-0.39, 0.29) is 31.3 Å². The van der Waals surface area contributed by atoms with Crippen LogP contribution in [-0.4, -0.2) is 61.9 Å². The predicted molar refractivity (Wildman–Crippen MR) is 116 cm³/mol. The van der Waals surface area contributed by atoms with Crippen molar-refractivity contribution in [3.05, 3.63) is 51.5 Å². The fraction of sp³-hybridized carbons (Fsp3) is 0.450. The van der Waals surface area contributed by atoms with Gasteiger partial charge in [0.15, 0.2) is 9.84 Å². The molecular weight excluding hydrogens is 460 g/mol. The number of hydrogen-bond donors (Lipinski definition) is 0. The minimum Gasteiger partial charge on any atom is -0.372 e. The first kappa shape index (κ1) is 24.6. The summed E-state index contributed by atoms with van der Waals surface area (Å²) in [7, 11) is -3.62. The molecule has 0 radical (unpaired) electrons. The number of ether oxygens (including phenoxy) is 1. The van der Waals surface area contributed by atoms with Gasteiger partial charge in [-0.2, -0.15) is 0 Å². The minimum atomic E-state index is -4.86. The number of nitro groups is 1. The number of rotatable bonds is 6. The Bertz CT molecular complexity index is 1200. The third-order valence-electron chi connectivity index (χ3n) is 5.00. The smallest absolute Gasteiger partial charge is 0.334 e. The highest BCUT2D eigenvalue weighted by atomic mass is 32.2. The number of sulfone groups is 1. The molecule has 0 aliphatic carbocycles. The van der Waals surface area contributed by atoms with E-state index in [1.807, 2.05) is 0 Å². The monoisotopic (exact) mass is 483 g/mol. The molecule has 1 aromatic heterocycles. The topological polar surface area (TPSA) is 128 Å². The quantitative estimate of drug-likeness (QED) is 0.349. The Labute approximate surface area is 189 Å². The van der Waals surface area contributed by atoms with E-state index in [2.05, 4.69) is 15.0 Å². The molecule has 0 saturated carbocycles. The summed E-state index contributed by atoms with van der Waals surface area (Å²) in [5.41, 5.74) is -1.85. The third-order valence-corrected chi connectivity index (χ3v) is 6.98. The molecule has 2 heterocycles. The molecule has 13 heteroatoms. The summed E-state index contributed by atoms with van der Waals surface area (Å²) in [5, 5.41) is 10.2. The molecule has 1 fully saturated rings. The summed E-state index contributed by atoms with van der Waals surface area (Å²) in [4.78, 5) is 23.7. The summed E-state index contributed by atoms with van der Waals surface area (Å²) in [6.07, 6.45) is 0.864. The van der Waals surface area contributed by atoms with Crippen LogP contribution in [0.25, 0.3) is 0 Å². The number of benzene rings is 1. The number of hydrogen-bond acceptors (Lipinski definition) is 9. The van der Waals surface area contributed by atoms with Crippen molar-refractivity contribution in [2.24, 2.45) is 4.99 Å². The van der Waals surface area contributed by atoms with Crippen LogP contribution >= 0.6 is 0 Å². The third kappa shape index (κ3) is 4.83. The standard InChI is InChI=1S/C20H23F2N5O5S/c1-12-24-16(15(10-23-4)33(30,31)18-13(21)6-5-7-14(18)22)17(27(28)29)19(25-12)26-8-9-32-20(2,3)11-26/h5-7,10,15H,8-9,11H2,1-4H3/b23-10-. The molecule has 2 aromatic rings. The van der Waals surface area contributed by atoms with Gasteiger partial charge in [0.2, 0.25) is 5.82 Å².